The van der Waals surface area contributed by atoms with E-state index >= 15 is 0 Å². The summed E-state index contributed by atoms with van der Waals surface area (Å²) in [5.41, 5.74) is 0. The molecular formula is C9H12BrNO4S2. The van der Waals surface area contributed by atoms with E-state index in [9.17, 15) is 13.2 Å². The zero-order valence-corrected chi connectivity index (χ0v) is 12.4. The van der Waals surface area contributed by atoms with Crippen LogP contribution in [0.4, 0.5) is 0 Å². The number of carbonyl (C=O) groups excluding carboxylic acids is 1. The molecule has 8 heteroatoms. The fourth-order valence-corrected chi connectivity index (χ4v) is 4.40. The summed E-state index contributed by atoms with van der Waals surface area (Å²) in [6.07, 6.45) is 0.360. The minimum Gasteiger partial charge on any atom is -0.302 e. The summed E-state index contributed by atoms with van der Waals surface area (Å²) in [7, 11) is -3.95. The molecule has 0 aromatic carbocycles. The molecule has 0 aliphatic rings. The van der Waals surface area contributed by atoms with Gasteiger partial charge in [-0.15, -0.1) is 11.3 Å². The van der Waals surface area contributed by atoms with Gasteiger partial charge in [0.05, 0.1) is 4.88 Å². The molecule has 96 valence electrons. The van der Waals surface area contributed by atoms with E-state index in [0.717, 1.165) is 11.3 Å². The summed E-state index contributed by atoms with van der Waals surface area (Å²) in [5.74, 6) is 0.101. The maximum Gasteiger partial charge on any atom is 0.272 e. The van der Waals surface area contributed by atoms with Gasteiger partial charge in [-0.1, -0.05) is 18.7 Å². The monoisotopic (exact) mass is 341 g/mol. The quantitative estimate of drug-likeness (QED) is 0.636. The van der Waals surface area contributed by atoms with Gasteiger partial charge in [0.15, 0.2) is 9.99 Å². The average Bonchev–Trinajstić information content (AvgIpc) is 2.60. The van der Waals surface area contributed by atoms with Crippen LogP contribution in [-0.2, 0) is 10.0 Å². The number of halogens is 1. The molecule has 2 N–H and O–H groups in total. The van der Waals surface area contributed by atoms with E-state index in [4.69, 9.17) is 5.21 Å². The SMILES string of the molecule is CC(C)CC(=O)c1cc(Br)c(S(=O)(=O)NO)s1. The summed E-state index contributed by atoms with van der Waals surface area (Å²) in [5, 5.41) is 8.53. The van der Waals surface area contributed by atoms with Crippen LogP contribution in [0.5, 0.6) is 0 Å². The largest absolute Gasteiger partial charge is 0.302 e. The fraction of sp³-hybridized carbons (Fsp3) is 0.444. The Hall–Kier alpha value is -0.280. The molecule has 0 unspecified atom stereocenters. The molecule has 0 radical (unpaired) electrons. The summed E-state index contributed by atoms with van der Waals surface area (Å²) in [4.78, 5) is 13.3. The Kier molecular flexibility index (Phi) is 4.85. The molecule has 1 aromatic rings. The van der Waals surface area contributed by atoms with Crippen molar-refractivity contribution >= 4 is 43.1 Å². The van der Waals surface area contributed by atoms with E-state index in [1.807, 2.05) is 13.8 Å². The Morgan fingerprint density at radius 2 is 2.18 bits per heavy atom. The summed E-state index contributed by atoms with van der Waals surface area (Å²) >= 11 is 3.89. The minimum atomic E-state index is -3.95. The van der Waals surface area contributed by atoms with Crippen LogP contribution in [0.3, 0.4) is 0 Å². The van der Waals surface area contributed by atoms with Gasteiger partial charge in [-0.2, -0.15) is 0 Å². The molecule has 1 rings (SSSR count). The van der Waals surface area contributed by atoms with Crippen molar-refractivity contribution in [3.63, 3.8) is 0 Å². The van der Waals surface area contributed by atoms with Gasteiger partial charge >= 0.3 is 0 Å². The number of hydrogen-bond acceptors (Lipinski definition) is 5. The Morgan fingerprint density at radius 3 is 2.65 bits per heavy atom. The van der Waals surface area contributed by atoms with Crippen molar-refractivity contribution in [2.75, 3.05) is 0 Å². The van der Waals surface area contributed by atoms with Gasteiger partial charge in [-0.3, -0.25) is 4.79 Å². The molecule has 0 aliphatic carbocycles. The molecule has 0 aliphatic heterocycles. The predicted octanol–water partition coefficient (Wildman–Crippen LogP) is 2.41. The van der Waals surface area contributed by atoms with Crippen molar-refractivity contribution < 1.29 is 18.4 Å². The molecule has 0 amide bonds. The van der Waals surface area contributed by atoms with Crippen LogP contribution in [0.25, 0.3) is 0 Å². The van der Waals surface area contributed by atoms with Crippen molar-refractivity contribution in [2.24, 2.45) is 5.92 Å². The average molecular weight is 342 g/mol. The Bertz CT molecular complexity index is 521. The van der Waals surface area contributed by atoms with Crippen LogP contribution in [0.2, 0.25) is 0 Å². The fourth-order valence-electron chi connectivity index (χ4n) is 1.19. The molecule has 1 aromatic heterocycles. The number of hydrogen-bond donors (Lipinski definition) is 2. The lowest BCUT2D eigenvalue weighted by atomic mass is 10.1. The maximum atomic E-state index is 11.7. The second kappa shape index (κ2) is 5.57. The molecule has 0 bridgehead atoms. The first-order valence-electron chi connectivity index (χ1n) is 4.76. The molecule has 17 heavy (non-hydrogen) atoms. The van der Waals surface area contributed by atoms with Crippen molar-refractivity contribution in [2.45, 2.75) is 24.5 Å². The predicted molar refractivity (Wildman–Crippen MR) is 67.9 cm³/mol. The van der Waals surface area contributed by atoms with Crippen LogP contribution < -0.4 is 4.89 Å². The lowest BCUT2D eigenvalue weighted by molar-refractivity contribution is 0.0972. The first-order chi connectivity index (χ1) is 7.77. The maximum absolute atomic E-state index is 11.7. The van der Waals surface area contributed by atoms with E-state index in [-0.39, 0.29) is 20.4 Å². The lowest BCUT2D eigenvalue weighted by Crippen LogP contribution is -2.18. The van der Waals surface area contributed by atoms with E-state index in [1.165, 1.54) is 11.0 Å². The van der Waals surface area contributed by atoms with Gasteiger partial charge in [0.2, 0.25) is 0 Å². The third-order valence-corrected chi connectivity index (χ3v) is 5.87. The first-order valence-corrected chi connectivity index (χ1v) is 7.85. The van der Waals surface area contributed by atoms with Gasteiger partial charge in [0, 0.05) is 10.9 Å². The second-order valence-corrected chi connectivity index (χ2v) is 7.62. The highest BCUT2D eigenvalue weighted by molar-refractivity contribution is 9.10. The number of ketones is 1. The van der Waals surface area contributed by atoms with Gasteiger partial charge in [-0.05, 0) is 27.9 Å². The van der Waals surface area contributed by atoms with E-state index in [0.29, 0.717) is 11.3 Å². The van der Waals surface area contributed by atoms with E-state index < -0.39 is 10.0 Å². The normalized spacial score (nSPS) is 12.1. The highest BCUT2D eigenvalue weighted by Gasteiger charge is 2.23. The van der Waals surface area contributed by atoms with Crippen LogP contribution >= 0.6 is 27.3 Å². The van der Waals surface area contributed by atoms with Crippen LogP contribution in [0.15, 0.2) is 14.7 Å². The number of Topliss-reactive ketones (excluding diaryl/α,β-unsaturated/α-hetero) is 1. The van der Waals surface area contributed by atoms with Gasteiger partial charge in [-0.25, -0.2) is 8.42 Å². The molecule has 0 saturated carbocycles. The number of thiophene rings is 1. The molecule has 0 fully saturated rings. The minimum absolute atomic E-state index is 0.105. The van der Waals surface area contributed by atoms with Crippen LogP contribution in [0, 0.1) is 5.92 Å². The summed E-state index contributed by atoms with van der Waals surface area (Å²) in [6, 6.07) is 1.46. The van der Waals surface area contributed by atoms with E-state index in [2.05, 4.69) is 15.9 Å². The summed E-state index contributed by atoms with van der Waals surface area (Å²) < 4.78 is 22.9. The first kappa shape index (κ1) is 14.8. The zero-order valence-electron chi connectivity index (χ0n) is 9.23. The third kappa shape index (κ3) is 3.59. The number of rotatable bonds is 5. The molecule has 0 atom stereocenters. The standard InChI is InChI=1S/C9H12BrNO4S2/c1-5(2)3-7(12)8-4-6(10)9(16-8)17(14,15)11-13/h4-5,11,13H,3H2,1-2H3. The molecular weight excluding hydrogens is 330 g/mol. The number of sulfonamides is 1. The number of carbonyl (C=O) groups is 1. The molecule has 0 spiro atoms. The third-order valence-electron chi connectivity index (χ3n) is 1.89. The van der Waals surface area contributed by atoms with Crippen molar-refractivity contribution in [1.82, 2.24) is 4.89 Å². The van der Waals surface area contributed by atoms with E-state index in [1.54, 1.807) is 0 Å². The van der Waals surface area contributed by atoms with Gasteiger partial charge in [0.1, 0.15) is 0 Å². The van der Waals surface area contributed by atoms with Gasteiger partial charge < -0.3 is 5.21 Å². The lowest BCUT2D eigenvalue weighted by Gasteiger charge is -2.00. The highest BCUT2D eigenvalue weighted by Crippen LogP contribution is 2.32. The summed E-state index contributed by atoms with van der Waals surface area (Å²) in [6.45, 7) is 3.82. The van der Waals surface area contributed by atoms with Gasteiger partial charge in [0.25, 0.3) is 10.0 Å². The van der Waals surface area contributed by atoms with Crippen molar-refractivity contribution in [3.8, 4) is 0 Å². The number of nitrogens with one attached hydrogen (secondary N) is 1. The van der Waals surface area contributed by atoms with Crippen molar-refractivity contribution in [1.29, 1.82) is 0 Å². The topological polar surface area (TPSA) is 83.5 Å². The van der Waals surface area contributed by atoms with Crippen LogP contribution in [-0.4, -0.2) is 19.4 Å². The van der Waals surface area contributed by atoms with Crippen LogP contribution in [0.1, 0.15) is 29.9 Å². The Morgan fingerprint density at radius 1 is 1.59 bits per heavy atom. The van der Waals surface area contributed by atoms with Crippen molar-refractivity contribution in [3.05, 3.63) is 15.4 Å². The second-order valence-electron chi connectivity index (χ2n) is 3.86. The molecule has 1 heterocycles. The Labute approximate surface area is 112 Å². The zero-order chi connectivity index (χ0) is 13.2. The Balaban J connectivity index is 3.09. The highest BCUT2D eigenvalue weighted by atomic mass is 79.9. The smallest absolute Gasteiger partial charge is 0.272 e. The molecule has 5 nitrogen and oxygen atoms in total. The molecule has 0 saturated heterocycles.